The molecule has 36 heavy (non-hydrogen) atoms. The van der Waals surface area contributed by atoms with Gasteiger partial charge in [-0.1, -0.05) is 23.7 Å². The Bertz CT molecular complexity index is 1190. The van der Waals surface area contributed by atoms with Crippen LogP contribution in [0.25, 0.3) is 11.0 Å². The summed E-state index contributed by atoms with van der Waals surface area (Å²) in [4.78, 5) is 34.7. The van der Waals surface area contributed by atoms with Gasteiger partial charge in [0.05, 0.1) is 17.4 Å². The molecule has 2 amide bonds. The number of piperidine rings is 2. The van der Waals surface area contributed by atoms with Crippen LogP contribution in [0.15, 0.2) is 54.9 Å². The third-order valence-electron chi connectivity index (χ3n) is 7.36. The van der Waals surface area contributed by atoms with Crippen molar-refractivity contribution < 1.29 is 14.3 Å². The number of likely N-dealkylation sites (tertiary alicyclic amines) is 2. The molecule has 0 saturated carbocycles. The SMILES string of the molecule is O=C(C[C@H]1CN(C(=O)CCn2cnc3ccccc32)CC[C@@H]1Oc1ccc(Cl)cc1)N1CCCCC1. The lowest BCUT2D eigenvalue weighted by molar-refractivity contribution is -0.139. The minimum Gasteiger partial charge on any atom is -0.490 e. The van der Waals surface area contributed by atoms with E-state index in [1.807, 2.05) is 62.9 Å². The molecule has 2 atom stereocenters. The maximum absolute atomic E-state index is 13.2. The quantitative estimate of drug-likeness (QED) is 0.460. The first-order valence-corrected chi connectivity index (χ1v) is 13.3. The standard InChI is InChI=1S/C28H33ClN4O3/c29-22-8-10-23(11-9-22)36-26-12-16-32(19-21(26)18-28(35)31-14-4-1-5-15-31)27(34)13-17-33-20-30-24-6-2-3-7-25(24)33/h2-3,6-11,20-21,26H,1,4-5,12-19H2/t21-,26-/m0/s1. The molecule has 3 aromatic rings. The number of halogens is 1. The number of hydrogen-bond acceptors (Lipinski definition) is 4. The van der Waals surface area contributed by atoms with E-state index in [2.05, 4.69) is 4.98 Å². The second-order valence-electron chi connectivity index (χ2n) is 9.82. The molecule has 2 saturated heterocycles. The molecule has 0 bridgehead atoms. The van der Waals surface area contributed by atoms with Crippen LogP contribution in [0.1, 0.15) is 38.5 Å². The Hall–Kier alpha value is -3.06. The van der Waals surface area contributed by atoms with Crippen molar-refractivity contribution in [2.24, 2.45) is 5.92 Å². The zero-order chi connectivity index (χ0) is 24.9. The van der Waals surface area contributed by atoms with Crippen LogP contribution in [0.2, 0.25) is 5.02 Å². The molecule has 0 spiro atoms. The molecule has 0 N–H and O–H groups in total. The lowest BCUT2D eigenvalue weighted by Gasteiger charge is -2.39. The molecule has 8 heteroatoms. The smallest absolute Gasteiger partial charge is 0.224 e. The zero-order valence-electron chi connectivity index (χ0n) is 20.5. The van der Waals surface area contributed by atoms with E-state index in [4.69, 9.17) is 16.3 Å². The number of amides is 2. The number of benzene rings is 2. The Labute approximate surface area is 217 Å². The summed E-state index contributed by atoms with van der Waals surface area (Å²) in [6.07, 6.45) is 6.48. The van der Waals surface area contributed by atoms with E-state index < -0.39 is 0 Å². The first kappa shape index (κ1) is 24.6. The molecule has 0 radical (unpaired) electrons. The first-order valence-electron chi connectivity index (χ1n) is 12.9. The highest BCUT2D eigenvalue weighted by atomic mass is 35.5. The van der Waals surface area contributed by atoms with Crippen molar-refractivity contribution in [1.82, 2.24) is 19.4 Å². The highest BCUT2D eigenvalue weighted by molar-refractivity contribution is 6.30. The van der Waals surface area contributed by atoms with E-state index in [0.29, 0.717) is 43.9 Å². The predicted octanol–water partition coefficient (Wildman–Crippen LogP) is 4.78. The summed E-state index contributed by atoms with van der Waals surface area (Å²) in [7, 11) is 0. The lowest BCUT2D eigenvalue weighted by atomic mass is 9.90. The highest BCUT2D eigenvalue weighted by Gasteiger charge is 2.35. The fraction of sp³-hybridized carbons (Fsp3) is 0.464. The Kier molecular flexibility index (Phi) is 7.75. The van der Waals surface area contributed by atoms with Crippen LogP contribution in [-0.2, 0) is 16.1 Å². The van der Waals surface area contributed by atoms with Gasteiger partial charge in [0.2, 0.25) is 11.8 Å². The molecule has 190 valence electrons. The van der Waals surface area contributed by atoms with Crippen LogP contribution in [0.5, 0.6) is 5.75 Å². The monoisotopic (exact) mass is 508 g/mol. The maximum atomic E-state index is 13.2. The number of ether oxygens (including phenoxy) is 1. The van der Waals surface area contributed by atoms with E-state index in [9.17, 15) is 9.59 Å². The number of hydrogen-bond donors (Lipinski definition) is 0. The van der Waals surface area contributed by atoms with Gasteiger partial charge in [0.25, 0.3) is 0 Å². The number of para-hydroxylation sites is 2. The molecule has 2 aliphatic rings. The maximum Gasteiger partial charge on any atom is 0.224 e. The molecule has 2 aliphatic heterocycles. The van der Waals surface area contributed by atoms with Gasteiger partial charge in [0.15, 0.2) is 0 Å². The van der Waals surface area contributed by atoms with E-state index in [1.54, 1.807) is 6.33 Å². The molecule has 7 nitrogen and oxygen atoms in total. The number of imidazole rings is 1. The van der Waals surface area contributed by atoms with Crippen LogP contribution in [0.4, 0.5) is 0 Å². The molecule has 5 rings (SSSR count). The lowest BCUT2D eigenvalue weighted by Crippen LogP contribution is -2.50. The van der Waals surface area contributed by atoms with Gasteiger partial charge in [0, 0.05) is 62.9 Å². The van der Waals surface area contributed by atoms with Crippen molar-refractivity contribution in [3.63, 3.8) is 0 Å². The number of carbonyl (C=O) groups excluding carboxylic acids is 2. The average molecular weight is 509 g/mol. The van der Waals surface area contributed by atoms with Crippen LogP contribution in [0, 0.1) is 5.92 Å². The highest BCUT2D eigenvalue weighted by Crippen LogP contribution is 2.28. The normalized spacial score (nSPS) is 20.5. The van der Waals surface area contributed by atoms with Crippen LogP contribution in [0.3, 0.4) is 0 Å². The van der Waals surface area contributed by atoms with E-state index in [1.165, 1.54) is 6.42 Å². The topological polar surface area (TPSA) is 67.7 Å². The van der Waals surface area contributed by atoms with E-state index in [0.717, 1.165) is 42.7 Å². The Morgan fingerprint density at radius 1 is 0.944 bits per heavy atom. The fourth-order valence-electron chi connectivity index (χ4n) is 5.34. The van der Waals surface area contributed by atoms with Crippen molar-refractivity contribution in [2.75, 3.05) is 26.2 Å². The Morgan fingerprint density at radius 3 is 2.53 bits per heavy atom. The summed E-state index contributed by atoms with van der Waals surface area (Å²) < 4.78 is 8.36. The summed E-state index contributed by atoms with van der Waals surface area (Å²) in [6.45, 7) is 3.39. The molecule has 2 aromatic carbocycles. The van der Waals surface area contributed by atoms with Crippen LogP contribution < -0.4 is 4.74 Å². The van der Waals surface area contributed by atoms with Gasteiger partial charge in [-0.25, -0.2) is 4.98 Å². The summed E-state index contributed by atoms with van der Waals surface area (Å²) in [5, 5.41) is 0.658. The van der Waals surface area contributed by atoms with Crippen molar-refractivity contribution in [3.05, 3.63) is 59.9 Å². The van der Waals surface area contributed by atoms with Gasteiger partial charge in [-0.2, -0.15) is 0 Å². The molecular formula is C28H33ClN4O3. The summed E-state index contributed by atoms with van der Waals surface area (Å²) in [6, 6.07) is 15.3. The Balaban J connectivity index is 1.24. The average Bonchev–Trinajstić information content (AvgIpc) is 3.33. The van der Waals surface area contributed by atoms with Gasteiger partial charge in [0.1, 0.15) is 11.9 Å². The molecular weight excluding hydrogens is 476 g/mol. The largest absolute Gasteiger partial charge is 0.490 e. The van der Waals surface area contributed by atoms with E-state index >= 15 is 0 Å². The molecule has 2 fully saturated rings. The molecule has 1 aromatic heterocycles. The second-order valence-corrected chi connectivity index (χ2v) is 10.3. The number of aromatic nitrogens is 2. The second kappa shape index (κ2) is 11.3. The van der Waals surface area contributed by atoms with Crippen LogP contribution >= 0.6 is 11.6 Å². The third kappa shape index (κ3) is 5.84. The van der Waals surface area contributed by atoms with Crippen LogP contribution in [-0.4, -0.2) is 63.4 Å². The fourth-order valence-corrected chi connectivity index (χ4v) is 5.46. The van der Waals surface area contributed by atoms with E-state index in [-0.39, 0.29) is 23.8 Å². The van der Waals surface area contributed by atoms with Crippen molar-refractivity contribution in [2.45, 2.75) is 51.2 Å². The molecule has 0 aliphatic carbocycles. The predicted molar refractivity (Wildman–Crippen MR) is 140 cm³/mol. The minimum absolute atomic E-state index is 0.0538. The molecule has 0 unspecified atom stereocenters. The Morgan fingerprint density at radius 2 is 1.72 bits per heavy atom. The third-order valence-corrected chi connectivity index (χ3v) is 7.61. The summed E-state index contributed by atoms with van der Waals surface area (Å²) >= 11 is 6.04. The number of aryl methyl sites for hydroxylation is 1. The number of fused-ring (bicyclic) bond motifs is 1. The van der Waals surface area contributed by atoms with Gasteiger partial charge < -0.3 is 19.1 Å². The number of rotatable bonds is 7. The van der Waals surface area contributed by atoms with Crippen molar-refractivity contribution in [1.29, 1.82) is 0 Å². The van der Waals surface area contributed by atoms with Crippen molar-refractivity contribution >= 4 is 34.4 Å². The zero-order valence-corrected chi connectivity index (χ0v) is 21.3. The van der Waals surface area contributed by atoms with Gasteiger partial charge in [-0.15, -0.1) is 0 Å². The summed E-state index contributed by atoms with van der Waals surface area (Å²) in [5.74, 6) is 0.963. The minimum atomic E-state index is -0.124. The molecule has 3 heterocycles. The number of nitrogens with zero attached hydrogens (tertiary/aromatic N) is 4. The number of carbonyl (C=O) groups is 2. The van der Waals surface area contributed by atoms with Gasteiger partial charge in [-0.3, -0.25) is 9.59 Å². The van der Waals surface area contributed by atoms with Crippen molar-refractivity contribution in [3.8, 4) is 5.75 Å². The first-order chi connectivity index (χ1) is 17.6. The summed E-state index contributed by atoms with van der Waals surface area (Å²) in [5.41, 5.74) is 1.96. The van der Waals surface area contributed by atoms with Gasteiger partial charge >= 0.3 is 0 Å². The van der Waals surface area contributed by atoms with Gasteiger partial charge in [-0.05, 0) is 55.7 Å².